The van der Waals surface area contributed by atoms with E-state index in [4.69, 9.17) is 21.6 Å². The van der Waals surface area contributed by atoms with Crippen molar-refractivity contribution < 1.29 is 19.1 Å². The molecule has 0 aromatic heterocycles. The Morgan fingerprint density at radius 1 is 1.27 bits per heavy atom. The smallest absolute Gasteiger partial charge is 0.338 e. The minimum absolute atomic E-state index is 0.0944. The van der Waals surface area contributed by atoms with Gasteiger partial charge in [0.05, 0.1) is 28.9 Å². The first-order valence-electron chi connectivity index (χ1n) is 9.00. The van der Waals surface area contributed by atoms with Crippen molar-refractivity contribution in [1.29, 1.82) is 5.26 Å². The quantitative estimate of drug-likeness (QED) is 0.736. The fourth-order valence-electron chi connectivity index (χ4n) is 3.39. The molecular formula is C21H15ClN4O4. The Kier molecular flexibility index (Phi) is 5.12. The van der Waals surface area contributed by atoms with Crippen LogP contribution in [0, 0.1) is 11.3 Å². The van der Waals surface area contributed by atoms with E-state index < -0.39 is 23.9 Å². The number of hydrogen-bond acceptors (Lipinski definition) is 5. The minimum atomic E-state index is -0.689. The fourth-order valence-corrected chi connectivity index (χ4v) is 3.52. The number of halogens is 1. The third-order valence-corrected chi connectivity index (χ3v) is 5.03. The maximum Gasteiger partial charge on any atom is 0.338 e. The lowest BCUT2D eigenvalue weighted by Gasteiger charge is -2.32. The average molecular weight is 423 g/mol. The van der Waals surface area contributed by atoms with Crippen molar-refractivity contribution in [2.75, 3.05) is 18.5 Å². The number of cyclic esters (lactones) is 1. The fraction of sp³-hybridized carbons (Fsp3) is 0.143. The van der Waals surface area contributed by atoms with Gasteiger partial charge in [-0.25, -0.2) is 9.59 Å². The van der Waals surface area contributed by atoms with Crippen LogP contribution in [-0.4, -0.2) is 36.0 Å². The SMILES string of the molecule is N#Cc1cccc(NC(=O)CN2C(=O)NC(c3ccc(Cl)cc3)C3=C2COC3=O)c1. The Balaban J connectivity index is 1.58. The number of nitrogens with zero attached hydrogens (tertiary/aromatic N) is 2. The van der Waals surface area contributed by atoms with Gasteiger partial charge in [0.1, 0.15) is 13.2 Å². The van der Waals surface area contributed by atoms with Gasteiger partial charge < -0.3 is 15.4 Å². The van der Waals surface area contributed by atoms with Crippen molar-refractivity contribution in [1.82, 2.24) is 10.2 Å². The summed E-state index contributed by atoms with van der Waals surface area (Å²) in [7, 11) is 0. The van der Waals surface area contributed by atoms with Crippen molar-refractivity contribution >= 4 is 35.2 Å². The molecule has 150 valence electrons. The first-order valence-corrected chi connectivity index (χ1v) is 9.38. The number of nitrogens with one attached hydrogen (secondary N) is 2. The van der Waals surface area contributed by atoms with Crippen LogP contribution in [0.25, 0.3) is 0 Å². The molecule has 0 aliphatic carbocycles. The van der Waals surface area contributed by atoms with E-state index in [9.17, 15) is 14.4 Å². The second kappa shape index (κ2) is 7.89. The Morgan fingerprint density at radius 3 is 2.77 bits per heavy atom. The Morgan fingerprint density at radius 2 is 2.03 bits per heavy atom. The highest BCUT2D eigenvalue weighted by Gasteiger charge is 2.42. The molecule has 9 heteroatoms. The van der Waals surface area contributed by atoms with Gasteiger partial charge in [-0.3, -0.25) is 9.69 Å². The number of ether oxygens (including phenoxy) is 1. The molecule has 2 aliphatic rings. The van der Waals surface area contributed by atoms with E-state index in [1.807, 2.05) is 6.07 Å². The van der Waals surface area contributed by atoms with Gasteiger partial charge in [-0.05, 0) is 35.9 Å². The molecular weight excluding hydrogens is 408 g/mol. The topological polar surface area (TPSA) is 112 Å². The zero-order valence-electron chi connectivity index (χ0n) is 15.5. The van der Waals surface area contributed by atoms with Crippen molar-refractivity contribution in [3.05, 3.63) is 76.0 Å². The van der Waals surface area contributed by atoms with Crippen LogP contribution in [0.3, 0.4) is 0 Å². The molecule has 3 amide bonds. The van der Waals surface area contributed by atoms with E-state index >= 15 is 0 Å². The highest BCUT2D eigenvalue weighted by molar-refractivity contribution is 6.30. The largest absolute Gasteiger partial charge is 0.456 e. The van der Waals surface area contributed by atoms with E-state index in [0.717, 1.165) is 0 Å². The lowest BCUT2D eigenvalue weighted by atomic mass is 9.96. The summed E-state index contributed by atoms with van der Waals surface area (Å²) >= 11 is 5.92. The number of benzene rings is 2. The van der Waals surface area contributed by atoms with E-state index in [-0.39, 0.29) is 18.7 Å². The number of rotatable bonds is 4. The molecule has 0 spiro atoms. The van der Waals surface area contributed by atoms with Crippen LogP contribution in [0.2, 0.25) is 5.02 Å². The van der Waals surface area contributed by atoms with Crippen molar-refractivity contribution in [2.24, 2.45) is 0 Å². The number of esters is 1. The highest BCUT2D eigenvalue weighted by Crippen LogP contribution is 2.35. The maximum atomic E-state index is 12.7. The van der Waals surface area contributed by atoms with E-state index in [1.165, 1.54) is 11.0 Å². The van der Waals surface area contributed by atoms with Crippen molar-refractivity contribution in [3.8, 4) is 6.07 Å². The van der Waals surface area contributed by atoms with Gasteiger partial charge in [0, 0.05) is 10.7 Å². The highest BCUT2D eigenvalue weighted by atomic mass is 35.5. The zero-order chi connectivity index (χ0) is 21.3. The Hall–Kier alpha value is -3.83. The Labute approximate surface area is 176 Å². The summed E-state index contributed by atoms with van der Waals surface area (Å²) in [5.41, 5.74) is 2.15. The van der Waals surface area contributed by atoms with Gasteiger partial charge in [-0.15, -0.1) is 0 Å². The van der Waals surface area contributed by atoms with Crippen LogP contribution in [0.15, 0.2) is 59.8 Å². The summed E-state index contributed by atoms with van der Waals surface area (Å²) in [6.07, 6.45) is 0. The van der Waals surface area contributed by atoms with Gasteiger partial charge in [-0.1, -0.05) is 29.8 Å². The van der Waals surface area contributed by atoms with Gasteiger partial charge in [0.15, 0.2) is 0 Å². The first-order chi connectivity index (χ1) is 14.5. The molecule has 0 fully saturated rings. The van der Waals surface area contributed by atoms with Crippen LogP contribution < -0.4 is 10.6 Å². The van der Waals surface area contributed by atoms with Crippen molar-refractivity contribution in [3.63, 3.8) is 0 Å². The van der Waals surface area contributed by atoms with Crippen LogP contribution >= 0.6 is 11.6 Å². The molecule has 2 aromatic carbocycles. The molecule has 0 radical (unpaired) electrons. The number of urea groups is 1. The van der Waals surface area contributed by atoms with E-state index in [1.54, 1.807) is 42.5 Å². The summed E-state index contributed by atoms with van der Waals surface area (Å²) < 4.78 is 5.14. The second-order valence-electron chi connectivity index (χ2n) is 6.70. The summed E-state index contributed by atoms with van der Waals surface area (Å²) in [5, 5.41) is 14.9. The molecule has 0 saturated heterocycles. The molecule has 30 heavy (non-hydrogen) atoms. The van der Waals surface area contributed by atoms with Crippen LogP contribution in [-0.2, 0) is 14.3 Å². The maximum absolute atomic E-state index is 12.7. The van der Waals surface area contributed by atoms with Crippen LogP contribution in [0.4, 0.5) is 10.5 Å². The number of amides is 3. The second-order valence-corrected chi connectivity index (χ2v) is 7.13. The molecule has 4 rings (SSSR count). The number of carbonyl (C=O) groups excluding carboxylic acids is 3. The average Bonchev–Trinajstić information content (AvgIpc) is 3.12. The molecule has 2 aliphatic heterocycles. The summed E-state index contributed by atoms with van der Waals surface area (Å²) in [5.74, 6) is -1.02. The number of anilines is 1. The number of carbonyl (C=O) groups is 3. The van der Waals surface area contributed by atoms with E-state index in [0.29, 0.717) is 27.5 Å². The van der Waals surface area contributed by atoms with Gasteiger partial charge in [-0.2, -0.15) is 5.26 Å². The molecule has 8 nitrogen and oxygen atoms in total. The molecule has 2 N–H and O–H groups in total. The van der Waals surface area contributed by atoms with Gasteiger partial charge in [0.2, 0.25) is 5.91 Å². The predicted molar refractivity (Wildman–Crippen MR) is 107 cm³/mol. The predicted octanol–water partition coefficient (Wildman–Crippen LogP) is 2.73. The molecule has 0 saturated carbocycles. The summed E-state index contributed by atoms with van der Waals surface area (Å²) in [4.78, 5) is 38.8. The molecule has 1 atom stereocenters. The minimum Gasteiger partial charge on any atom is -0.456 e. The molecule has 1 unspecified atom stereocenters. The summed E-state index contributed by atoms with van der Waals surface area (Å²) in [6.45, 7) is -0.408. The van der Waals surface area contributed by atoms with Gasteiger partial charge >= 0.3 is 12.0 Å². The van der Waals surface area contributed by atoms with Crippen LogP contribution in [0.1, 0.15) is 17.2 Å². The standard InChI is InChI=1S/C21H15ClN4O4/c22-14-6-4-13(5-7-14)19-18-16(11-30-20(18)28)26(21(29)25-19)10-17(27)24-15-3-1-2-12(8-15)9-23/h1-8,19H,10-11H2,(H,24,27)(H,25,29). The zero-order valence-corrected chi connectivity index (χ0v) is 16.3. The van der Waals surface area contributed by atoms with Crippen LogP contribution in [0.5, 0.6) is 0 Å². The number of hydrogen-bond donors (Lipinski definition) is 2. The lowest BCUT2D eigenvalue weighted by molar-refractivity contribution is -0.136. The normalized spacial score (nSPS) is 17.7. The Bertz CT molecular complexity index is 1120. The van der Waals surface area contributed by atoms with E-state index in [2.05, 4.69) is 10.6 Å². The van der Waals surface area contributed by atoms with Crippen molar-refractivity contribution in [2.45, 2.75) is 6.04 Å². The summed E-state index contributed by atoms with van der Waals surface area (Å²) in [6, 6.07) is 14.0. The number of nitriles is 1. The third-order valence-electron chi connectivity index (χ3n) is 4.78. The third kappa shape index (κ3) is 3.71. The first kappa shape index (κ1) is 19.5. The molecule has 0 bridgehead atoms. The monoisotopic (exact) mass is 422 g/mol. The van der Waals surface area contributed by atoms with Gasteiger partial charge in [0.25, 0.3) is 0 Å². The lowest BCUT2D eigenvalue weighted by Crippen LogP contribution is -2.49. The molecule has 2 aromatic rings. The molecule has 2 heterocycles.